The number of methoxy groups -OCH3 is 1. The molecule has 4 atom stereocenters. The van der Waals surface area contributed by atoms with Crippen molar-refractivity contribution < 1.29 is 28.5 Å². The third kappa shape index (κ3) is 3.63. The van der Waals surface area contributed by atoms with Gasteiger partial charge in [0.25, 0.3) is 5.56 Å². The van der Waals surface area contributed by atoms with Gasteiger partial charge in [0.15, 0.2) is 18.0 Å². The molecule has 2 aromatic rings. The van der Waals surface area contributed by atoms with Gasteiger partial charge in [0.2, 0.25) is 5.95 Å². The fourth-order valence-corrected chi connectivity index (χ4v) is 3.86. The van der Waals surface area contributed by atoms with Crippen LogP contribution in [0.2, 0.25) is 0 Å². The Kier molecular flexibility index (Phi) is 5.49. The van der Waals surface area contributed by atoms with Crippen LogP contribution in [0.1, 0.15) is 20.1 Å². The number of aromatic nitrogens is 3. The van der Waals surface area contributed by atoms with Crippen LogP contribution in [0.3, 0.4) is 0 Å². The fraction of sp³-hybridized carbons (Fsp3) is 0.533. The van der Waals surface area contributed by atoms with Gasteiger partial charge >= 0.3 is 16.8 Å². The van der Waals surface area contributed by atoms with Crippen LogP contribution in [-0.2, 0) is 28.5 Å². The van der Waals surface area contributed by atoms with Crippen LogP contribution in [0.15, 0.2) is 9.59 Å². The molecular formula is C15H18N4O8S. The summed E-state index contributed by atoms with van der Waals surface area (Å²) in [6, 6.07) is 0. The van der Waals surface area contributed by atoms with Crippen molar-refractivity contribution in [2.24, 2.45) is 0 Å². The molecule has 0 bridgehead atoms. The largest absolute Gasteiger partial charge is 0.463 e. The number of nitrogens with one attached hydrogen (secondary N) is 1. The molecule has 13 heteroatoms. The second-order valence-electron chi connectivity index (χ2n) is 5.98. The van der Waals surface area contributed by atoms with E-state index in [-0.39, 0.29) is 22.9 Å². The van der Waals surface area contributed by atoms with E-state index in [0.29, 0.717) is 11.3 Å². The van der Waals surface area contributed by atoms with Crippen molar-refractivity contribution in [3.05, 3.63) is 20.0 Å². The first kappa shape index (κ1) is 20.0. The van der Waals surface area contributed by atoms with Crippen LogP contribution < -0.4 is 16.2 Å². The number of aromatic amines is 1. The maximum Gasteiger partial charge on any atom is 0.311 e. The van der Waals surface area contributed by atoms with Gasteiger partial charge in [0.05, 0.1) is 0 Å². The molecule has 2 aromatic heterocycles. The standard InChI is InChI=1S/C15H18N4O8S/c1-5(20)25-4-7-8(24-3)9(26-6(2)21)13(27-7)19-11-10(28-15(19)23)12(22)18-14(16)17-11/h7-9,13H,4H2,1-3H3,(H3,16,17,18,22)/t7-,8+,9-,13-/m1/s1. The number of nitrogen functional groups attached to an aromatic ring is 1. The molecule has 152 valence electrons. The minimum atomic E-state index is -1.16. The summed E-state index contributed by atoms with van der Waals surface area (Å²) in [5, 5.41) is 0. The Hall–Kier alpha value is -2.77. The lowest BCUT2D eigenvalue weighted by Crippen LogP contribution is -2.39. The number of ether oxygens (including phenoxy) is 4. The van der Waals surface area contributed by atoms with E-state index in [1.54, 1.807) is 0 Å². The van der Waals surface area contributed by atoms with Gasteiger partial charge < -0.3 is 24.7 Å². The molecular weight excluding hydrogens is 396 g/mol. The summed E-state index contributed by atoms with van der Waals surface area (Å²) in [5.74, 6) is -1.36. The molecule has 0 aliphatic carbocycles. The monoisotopic (exact) mass is 414 g/mol. The Morgan fingerprint density at radius 1 is 1.29 bits per heavy atom. The Bertz CT molecular complexity index is 1030. The van der Waals surface area contributed by atoms with Gasteiger partial charge in [0, 0.05) is 21.0 Å². The molecule has 0 unspecified atom stereocenters. The van der Waals surface area contributed by atoms with Crippen LogP contribution in [-0.4, -0.2) is 58.5 Å². The predicted molar refractivity (Wildman–Crippen MR) is 95.8 cm³/mol. The summed E-state index contributed by atoms with van der Waals surface area (Å²) in [5.41, 5.74) is 5.00. The molecule has 3 heterocycles. The number of carbonyl (C=O) groups excluding carboxylic acids is 2. The number of hydrogen-bond donors (Lipinski definition) is 2. The second kappa shape index (κ2) is 7.69. The van der Waals surface area contributed by atoms with E-state index in [1.165, 1.54) is 21.0 Å². The molecule has 0 radical (unpaired) electrons. The molecule has 12 nitrogen and oxygen atoms in total. The molecule has 1 aliphatic heterocycles. The Morgan fingerprint density at radius 2 is 2.00 bits per heavy atom. The van der Waals surface area contributed by atoms with E-state index in [9.17, 15) is 19.2 Å². The molecule has 0 saturated carbocycles. The molecule has 3 N–H and O–H groups in total. The van der Waals surface area contributed by atoms with Gasteiger partial charge in [-0.3, -0.25) is 28.7 Å². The number of fused-ring (bicyclic) bond motifs is 1. The third-order valence-electron chi connectivity index (χ3n) is 4.06. The molecule has 1 fully saturated rings. The predicted octanol–water partition coefficient (Wildman–Crippen LogP) is -0.864. The second-order valence-corrected chi connectivity index (χ2v) is 6.95. The minimum absolute atomic E-state index is 0.0126. The van der Waals surface area contributed by atoms with E-state index >= 15 is 0 Å². The highest BCUT2D eigenvalue weighted by molar-refractivity contribution is 7.16. The maximum atomic E-state index is 12.6. The normalized spacial score (nSPS) is 24.4. The van der Waals surface area contributed by atoms with Gasteiger partial charge in [-0.1, -0.05) is 11.3 Å². The SMILES string of the molecule is CO[C@@H]1[C@@H](OC(C)=O)[C@H](n2c(=O)sc3c(=O)[nH]c(N)nc32)O[C@@H]1COC(C)=O. The van der Waals surface area contributed by atoms with Crippen LogP contribution in [0, 0.1) is 0 Å². The number of nitrogens with zero attached hydrogens (tertiary/aromatic N) is 2. The van der Waals surface area contributed by atoms with E-state index in [0.717, 1.165) is 4.57 Å². The number of thiazole rings is 1. The molecule has 1 saturated heterocycles. The zero-order valence-electron chi connectivity index (χ0n) is 15.2. The van der Waals surface area contributed by atoms with Gasteiger partial charge in [-0.25, -0.2) is 0 Å². The van der Waals surface area contributed by atoms with Gasteiger partial charge in [-0.15, -0.1) is 0 Å². The molecule has 0 amide bonds. The zero-order valence-corrected chi connectivity index (χ0v) is 16.0. The first-order valence-electron chi connectivity index (χ1n) is 8.12. The average molecular weight is 414 g/mol. The van der Waals surface area contributed by atoms with Crippen molar-refractivity contribution in [3.63, 3.8) is 0 Å². The molecule has 28 heavy (non-hydrogen) atoms. The number of H-pyrrole nitrogens is 1. The Morgan fingerprint density at radius 3 is 2.61 bits per heavy atom. The van der Waals surface area contributed by atoms with Crippen LogP contribution in [0.4, 0.5) is 5.95 Å². The number of rotatable bonds is 5. The van der Waals surface area contributed by atoms with Crippen LogP contribution >= 0.6 is 11.3 Å². The highest BCUT2D eigenvalue weighted by Gasteiger charge is 2.50. The zero-order chi connectivity index (χ0) is 20.6. The highest BCUT2D eigenvalue weighted by atomic mass is 32.1. The molecule has 0 spiro atoms. The summed E-state index contributed by atoms with van der Waals surface area (Å²) in [7, 11) is 1.36. The van der Waals surface area contributed by atoms with E-state index in [2.05, 4.69) is 9.97 Å². The van der Waals surface area contributed by atoms with Gasteiger partial charge in [-0.2, -0.15) is 4.98 Å². The van der Waals surface area contributed by atoms with Crippen molar-refractivity contribution in [3.8, 4) is 0 Å². The van der Waals surface area contributed by atoms with Crippen LogP contribution in [0.25, 0.3) is 10.3 Å². The number of esters is 2. The van der Waals surface area contributed by atoms with Crippen molar-refractivity contribution in [1.82, 2.24) is 14.5 Å². The first-order valence-corrected chi connectivity index (χ1v) is 8.94. The van der Waals surface area contributed by atoms with Gasteiger partial charge in [-0.05, 0) is 0 Å². The molecule has 3 rings (SSSR count). The molecule has 1 aliphatic rings. The van der Waals surface area contributed by atoms with E-state index in [1.807, 2.05) is 0 Å². The quantitative estimate of drug-likeness (QED) is 0.588. The van der Waals surface area contributed by atoms with Crippen molar-refractivity contribution in [2.75, 3.05) is 19.5 Å². The summed E-state index contributed by atoms with van der Waals surface area (Å²) in [6.45, 7) is 2.24. The molecule has 0 aromatic carbocycles. The van der Waals surface area contributed by atoms with Gasteiger partial charge in [0.1, 0.15) is 23.5 Å². The first-order chi connectivity index (χ1) is 13.2. The number of nitrogens with two attached hydrogens (primary N) is 1. The number of carbonyl (C=O) groups is 2. The summed E-state index contributed by atoms with van der Waals surface area (Å²) < 4.78 is 22.6. The lowest BCUT2D eigenvalue weighted by atomic mass is 10.1. The lowest BCUT2D eigenvalue weighted by molar-refractivity contribution is -0.156. The Balaban J connectivity index is 2.10. The Labute approximate surface area is 161 Å². The maximum absolute atomic E-state index is 12.6. The van der Waals surface area contributed by atoms with E-state index in [4.69, 9.17) is 24.7 Å². The smallest absolute Gasteiger partial charge is 0.311 e. The fourth-order valence-electron chi connectivity index (χ4n) is 3.02. The van der Waals surface area contributed by atoms with Crippen molar-refractivity contribution in [2.45, 2.75) is 38.4 Å². The minimum Gasteiger partial charge on any atom is -0.463 e. The highest BCUT2D eigenvalue weighted by Crippen LogP contribution is 2.35. The summed E-state index contributed by atoms with van der Waals surface area (Å²) in [4.78, 5) is 53.2. The average Bonchev–Trinajstić information content (AvgIpc) is 3.09. The number of hydrogen-bond acceptors (Lipinski definition) is 11. The summed E-state index contributed by atoms with van der Waals surface area (Å²) >= 11 is 0.649. The summed E-state index contributed by atoms with van der Waals surface area (Å²) in [6.07, 6.45) is -3.89. The lowest BCUT2D eigenvalue weighted by Gasteiger charge is -2.22. The number of anilines is 1. The topological polar surface area (TPSA) is 165 Å². The van der Waals surface area contributed by atoms with E-state index < -0.39 is 46.9 Å². The van der Waals surface area contributed by atoms with Crippen molar-refractivity contribution >= 4 is 39.6 Å². The third-order valence-corrected chi connectivity index (χ3v) is 5.00. The van der Waals surface area contributed by atoms with Crippen molar-refractivity contribution in [1.29, 1.82) is 0 Å². The van der Waals surface area contributed by atoms with Crippen LogP contribution in [0.5, 0.6) is 0 Å².